The van der Waals surface area contributed by atoms with Crippen LogP contribution in [0.2, 0.25) is 0 Å². The molecule has 2 heterocycles. The number of carbonyl (C=O) groups is 1. The highest BCUT2D eigenvalue weighted by Gasteiger charge is 2.28. The molecule has 7 heteroatoms. The highest BCUT2D eigenvalue weighted by Crippen LogP contribution is 2.34. The largest absolute Gasteiger partial charge is 0.476 e. The molecule has 0 saturated heterocycles. The van der Waals surface area contributed by atoms with Crippen molar-refractivity contribution in [1.82, 2.24) is 5.16 Å². The normalized spacial score (nSPS) is 17.5. The van der Waals surface area contributed by atoms with Gasteiger partial charge in [0.15, 0.2) is 0 Å². The molecule has 1 aliphatic rings. The molecule has 122 valence electrons. The summed E-state index contributed by atoms with van der Waals surface area (Å²) in [4.78, 5) is 14.2. The van der Waals surface area contributed by atoms with Gasteiger partial charge in [0.05, 0.1) is 24.5 Å². The van der Waals surface area contributed by atoms with Gasteiger partial charge in [0.1, 0.15) is 5.82 Å². The molecule has 3 rings (SSSR count). The van der Waals surface area contributed by atoms with Crippen molar-refractivity contribution in [3.63, 3.8) is 0 Å². The SMILES string of the molecule is CCOc1cc(C(=O)N2CCCC(O)c3cc(F)ccc32)on1. The molecule has 0 aliphatic carbocycles. The highest BCUT2D eigenvalue weighted by atomic mass is 19.1. The fourth-order valence-electron chi connectivity index (χ4n) is 2.68. The molecule has 1 aromatic carbocycles. The number of benzene rings is 1. The molecule has 0 radical (unpaired) electrons. The monoisotopic (exact) mass is 320 g/mol. The first-order valence-corrected chi connectivity index (χ1v) is 7.49. The van der Waals surface area contributed by atoms with Crippen LogP contribution >= 0.6 is 0 Å². The second-order valence-electron chi connectivity index (χ2n) is 5.28. The number of aromatic nitrogens is 1. The molecular weight excluding hydrogens is 303 g/mol. The van der Waals surface area contributed by atoms with Crippen molar-refractivity contribution in [1.29, 1.82) is 0 Å². The number of aliphatic hydroxyl groups is 1. The number of anilines is 1. The van der Waals surface area contributed by atoms with Gasteiger partial charge in [-0.3, -0.25) is 4.79 Å². The Morgan fingerprint density at radius 2 is 2.35 bits per heavy atom. The van der Waals surface area contributed by atoms with Crippen molar-refractivity contribution < 1.29 is 23.6 Å². The van der Waals surface area contributed by atoms with E-state index < -0.39 is 17.8 Å². The van der Waals surface area contributed by atoms with Gasteiger partial charge in [0.25, 0.3) is 11.8 Å². The van der Waals surface area contributed by atoms with Crippen LogP contribution in [0.4, 0.5) is 10.1 Å². The minimum absolute atomic E-state index is 0.0418. The van der Waals surface area contributed by atoms with E-state index >= 15 is 0 Å². The van der Waals surface area contributed by atoms with E-state index in [1.807, 2.05) is 0 Å². The number of carbonyl (C=O) groups excluding carboxylic acids is 1. The van der Waals surface area contributed by atoms with E-state index in [2.05, 4.69) is 5.16 Å². The Morgan fingerprint density at radius 3 is 3.13 bits per heavy atom. The molecule has 1 aliphatic heterocycles. The number of ether oxygens (including phenoxy) is 1. The first kappa shape index (κ1) is 15.5. The van der Waals surface area contributed by atoms with E-state index in [1.54, 1.807) is 6.92 Å². The number of fused-ring (bicyclic) bond motifs is 1. The van der Waals surface area contributed by atoms with Crippen LogP contribution < -0.4 is 9.64 Å². The summed E-state index contributed by atoms with van der Waals surface area (Å²) in [6.07, 6.45) is 0.253. The summed E-state index contributed by atoms with van der Waals surface area (Å²) < 4.78 is 23.7. The van der Waals surface area contributed by atoms with Crippen LogP contribution in [0.1, 0.15) is 42.0 Å². The van der Waals surface area contributed by atoms with Gasteiger partial charge in [-0.1, -0.05) is 0 Å². The lowest BCUT2D eigenvalue weighted by molar-refractivity contribution is 0.0950. The van der Waals surface area contributed by atoms with Crippen LogP contribution in [0, 0.1) is 5.82 Å². The van der Waals surface area contributed by atoms with Crippen LogP contribution in [0.15, 0.2) is 28.8 Å². The number of rotatable bonds is 3. The third-order valence-corrected chi connectivity index (χ3v) is 3.74. The zero-order valence-electron chi connectivity index (χ0n) is 12.7. The predicted octanol–water partition coefficient (Wildman–Crippen LogP) is 2.69. The second kappa shape index (κ2) is 6.37. The van der Waals surface area contributed by atoms with Gasteiger partial charge in [0, 0.05) is 12.1 Å². The van der Waals surface area contributed by atoms with Crippen LogP contribution in [-0.2, 0) is 0 Å². The summed E-state index contributed by atoms with van der Waals surface area (Å²) in [5.74, 6) is -0.564. The van der Waals surface area contributed by atoms with Crippen LogP contribution in [0.5, 0.6) is 5.88 Å². The van der Waals surface area contributed by atoms with E-state index in [0.717, 1.165) is 0 Å². The molecule has 2 aromatic rings. The number of amides is 1. The maximum Gasteiger partial charge on any atom is 0.297 e. The average Bonchev–Trinajstić information content (AvgIpc) is 2.94. The first-order valence-electron chi connectivity index (χ1n) is 7.49. The van der Waals surface area contributed by atoms with Gasteiger partial charge in [-0.15, -0.1) is 0 Å². The molecule has 1 amide bonds. The second-order valence-corrected chi connectivity index (χ2v) is 5.28. The number of nitrogens with zero attached hydrogens (tertiary/aromatic N) is 2. The van der Waals surface area contributed by atoms with Gasteiger partial charge in [-0.25, -0.2) is 4.39 Å². The Labute approximate surface area is 132 Å². The van der Waals surface area contributed by atoms with Crippen LogP contribution in [0.3, 0.4) is 0 Å². The van der Waals surface area contributed by atoms with Crippen LogP contribution in [-0.4, -0.2) is 29.3 Å². The van der Waals surface area contributed by atoms with Crippen molar-refractivity contribution in [2.75, 3.05) is 18.1 Å². The molecule has 1 unspecified atom stereocenters. The maximum atomic E-state index is 13.5. The quantitative estimate of drug-likeness (QED) is 0.941. The van der Waals surface area contributed by atoms with E-state index in [-0.39, 0.29) is 11.6 Å². The number of hydrogen-bond donors (Lipinski definition) is 1. The van der Waals surface area contributed by atoms with E-state index in [0.29, 0.717) is 37.2 Å². The summed E-state index contributed by atoms with van der Waals surface area (Å²) >= 11 is 0. The Balaban J connectivity index is 1.95. The summed E-state index contributed by atoms with van der Waals surface area (Å²) in [6.45, 7) is 2.62. The fourth-order valence-corrected chi connectivity index (χ4v) is 2.68. The van der Waals surface area contributed by atoms with E-state index in [4.69, 9.17) is 9.26 Å². The molecule has 0 bridgehead atoms. The Hall–Kier alpha value is -2.41. The third-order valence-electron chi connectivity index (χ3n) is 3.74. The third kappa shape index (κ3) is 3.05. The smallest absolute Gasteiger partial charge is 0.297 e. The minimum Gasteiger partial charge on any atom is -0.476 e. The maximum absolute atomic E-state index is 13.5. The van der Waals surface area contributed by atoms with Crippen molar-refractivity contribution >= 4 is 11.6 Å². The summed E-state index contributed by atoms with van der Waals surface area (Å²) in [7, 11) is 0. The molecule has 0 saturated carbocycles. The first-order chi connectivity index (χ1) is 11.1. The lowest BCUT2D eigenvalue weighted by Crippen LogP contribution is -2.31. The molecule has 6 nitrogen and oxygen atoms in total. The molecule has 23 heavy (non-hydrogen) atoms. The number of halogens is 1. The lowest BCUT2D eigenvalue weighted by Gasteiger charge is -2.22. The zero-order chi connectivity index (χ0) is 16.4. The van der Waals surface area contributed by atoms with Crippen molar-refractivity contribution in [2.45, 2.75) is 25.9 Å². The summed E-state index contributed by atoms with van der Waals surface area (Å²) in [5, 5.41) is 13.8. The zero-order valence-corrected chi connectivity index (χ0v) is 12.7. The van der Waals surface area contributed by atoms with Gasteiger partial charge >= 0.3 is 0 Å². The molecular formula is C16H17FN2O4. The molecule has 0 spiro atoms. The molecule has 0 fully saturated rings. The topological polar surface area (TPSA) is 75.8 Å². The van der Waals surface area contributed by atoms with Gasteiger partial charge in [-0.05, 0) is 43.1 Å². The summed E-state index contributed by atoms with van der Waals surface area (Å²) in [5.41, 5.74) is 0.885. The minimum atomic E-state index is -0.799. The Bertz CT molecular complexity index is 716. The van der Waals surface area contributed by atoms with E-state index in [9.17, 15) is 14.3 Å². The molecule has 1 N–H and O–H groups in total. The van der Waals surface area contributed by atoms with Gasteiger partial charge in [-0.2, -0.15) is 0 Å². The standard InChI is InChI=1S/C16H17FN2O4/c1-2-22-15-9-14(23-18-15)16(21)19-7-3-4-13(20)11-8-10(17)5-6-12(11)19/h5-6,8-9,13,20H,2-4,7H2,1H3. The van der Waals surface area contributed by atoms with Gasteiger partial charge in [0.2, 0.25) is 5.76 Å². The van der Waals surface area contributed by atoms with Crippen molar-refractivity contribution in [3.05, 3.63) is 41.4 Å². The molecule has 1 atom stereocenters. The summed E-state index contributed by atoms with van der Waals surface area (Å²) in [6, 6.07) is 5.45. The Morgan fingerprint density at radius 1 is 1.52 bits per heavy atom. The van der Waals surface area contributed by atoms with Crippen molar-refractivity contribution in [2.24, 2.45) is 0 Å². The fraction of sp³-hybridized carbons (Fsp3) is 0.375. The van der Waals surface area contributed by atoms with Crippen LogP contribution in [0.25, 0.3) is 0 Å². The predicted molar refractivity (Wildman–Crippen MR) is 79.9 cm³/mol. The van der Waals surface area contributed by atoms with E-state index in [1.165, 1.54) is 29.2 Å². The van der Waals surface area contributed by atoms with Gasteiger partial charge < -0.3 is 19.3 Å². The number of hydrogen-bond acceptors (Lipinski definition) is 5. The number of aliphatic hydroxyl groups excluding tert-OH is 1. The lowest BCUT2D eigenvalue weighted by atomic mass is 10.0. The average molecular weight is 320 g/mol. The van der Waals surface area contributed by atoms with Crippen molar-refractivity contribution in [3.8, 4) is 5.88 Å². The molecule has 1 aromatic heterocycles. The highest BCUT2D eigenvalue weighted by molar-refractivity contribution is 6.04. The Kier molecular flexibility index (Phi) is 4.29.